The molecule has 5 fully saturated rings. The molecular weight excluding hydrogens is 649 g/mol. The first kappa shape index (κ1) is 33.5. The molecule has 5 aliphatic rings. The quantitative estimate of drug-likeness (QED) is 0.227. The van der Waals surface area contributed by atoms with Crippen molar-refractivity contribution >= 4 is 11.8 Å². The van der Waals surface area contributed by atoms with Crippen molar-refractivity contribution in [1.29, 1.82) is 0 Å². The lowest BCUT2D eigenvalue weighted by molar-refractivity contribution is -0.142. The van der Waals surface area contributed by atoms with Crippen LogP contribution in [0.25, 0.3) is 33.6 Å². The van der Waals surface area contributed by atoms with Gasteiger partial charge < -0.3 is 29.6 Å². The Labute approximate surface area is 307 Å². The lowest BCUT2D eigenvalue weighted by Gasteiger charge is -2.38. The first-order chi connectivity index (χ1) is 25.4. The number of nitrogens with zero attached hydrogens (tertiary/aromatic N) is 6. The number of benzene rings is 2. The van der Waals surface area contributed by atoms with Gasteiger partial charge in [0.05, 0.1) is 35.9 Å². The Kier molecular flexibility index (Phi) is 8.99. The number of likely N-dealkylation sites (tertiary alicyclic amines) is 4. The van der Waals surface area contributed by atoms with Crippen molar-refractivity contribution in [2.75, 3.05) is 46.8 Å². The van der Waals surface area contributed by atoms with Crippen molar-refractivity contribution in [3.8, 4) is 33.6 Å². The number of hydrogen-bond donors (Lipinski definition) is 2. The molecule has 2 bridgehead atoms. The summed E-state index contributed by atoms with van der Waals surface area (Å²) in [6.07, 6.45) is 13.0. The van der Waals surface area contributed by atoms with E-state index < -0.39 is 0 Å². The summed E-state index contributed by atoms with van der Waals surface area (Å²) in [6, 6.07) is 17.7. The second-order valence-electron chi connectivity index (χ2n) is 16.3. The topological polar surface area (TPSA) is 104 Å². The molecule has 4 aliphatic heterocycles. The summed E-state index contributed by atoms with van der Waals surface area (Å²) < 4.78 is 0. The lowest BCUT2D eigenvalue weighted by Crippen LogP contribution is -2.46. The van der Waals surface area contributed by atoms with Gasteiger partial charge in [-0.1, -0.05) is 48.5 Å². The Morgan fingerprint density at radius 3 is 1.73 bits per heavy atom. The number of aromatic amines is 2. The van der Waals surface area contributed by atoms with Crippen LogP contribution in [0, 0.1) is 17.8 Å². The third-order valence-corrected chi connectivity index (χ3v) is 13.0. The molecule has 1 aliphatic carbocycles. The highest BCUT2D eigenvalue weighted by molar-refractivity contribution is 5.81. The molecule has 2 N–H and O–H groups in total. The molecule has 4 atom stereocenters. The van der Waals surface area contributed by atoms with E-state index >= 15 is 0 Å². The third kappa shape index (κ3) is 6.27. The monoisotopic (exact) mass is 700 g/mol. The van der Waals surface area contributed by atoms with E-state index in [2.05, 4.69) is 92.2 Å². The third-order valence-electron chi connectivity index (χ3n) is 13.0. The van der Waals surface area contributed by atoms with E-state index in [-0.39, 0.29) is 23.9 Å². The average Bonchev–Trinajstić information content (AvgIpc) is 4.03. The Bertz CT molecular complexity index is 1880. The van der Waals surface area contributed by atoms with E-state index in [9.17, 15) is 9.59 Å². The molecule has 4 aromatic rings. The summed E-state index contributed by atoms with van der Waals surface area (Å²) in [5.41, 5.74) is 6.45. The molecule has 4 saturated heterocycles. The molecule has 2 aromatic carbocycles. The van der Waals surface area contributed by atoms with Crippen LogP contribution in [0.1, 0.15) is 81.5 Å². The van der Waals surface area contributed by atoms with Crippen LogP contribution in [0.2, 0.25) is 0 Å². The van der Waals surface area contributed by atoms with Crippen LogP contribution in [0.15, 0.2) is 60.9 Å². The maximum Gasteiger partial charge on any atom is 0.226 e. The summed E-state index contributed by atoms with van der Waals surface area (Å²) in [6.45, 7) is 4.81. The molecule has 2 aromatic heterocycles. The number of amides is 2. The molecule has 10 heteroatoms. The highest BCUT2D eigenvalue weighted by Crippen LogP contribution is 2.50. The highest BCUT2D eigenvalue weighted by Gasteiger charge is 2.51. The predicted octanol–water partition coefficient (Wildman–Crippen LogP) is 6.53. The maximum absolute atomic E-state index is 13.8. The van der Waals surface area contributed by atoms with Crippen molar-refractivity contribution in [3.63, 3.8) is 0 Å². The van der Waals surface area contributed by atoms with Crippen molar-refractivity contribution in [2.45, 2.75) is 75.9 Å². The van der Waals surface area contributed by atoms with Gasteiger partial charge in [-0.15, -0.1) is 0 Å². The van der Waals surface area contributed by atoms with Gasteiger partial charge in [-0.05, 0) is 126 Å². The Morgan fingerprint density at radius 1 is 0.615 bits per heavy atom. The van der Waals surface area contributed by atoms with Crippen LogP contribution in [0.3, 0.4) is 0 Å². The standard InChI is InChI=1S/C42H52N8O2/c1-47-20-15-31(16-21-47)41(51)49-19-3-4-37(49)39-43-25-35(45-39)29-9-5-27(6-10-29)28-7-11-30(12-8-28)36-26-44-40(46-36)38-33-13-14-34(24-33)50(38)42(52)32-17-22-48(2)23-18-32/h5-12,25-26,31-34,37-38H,3-4,13-24H2,1-2H3,(H,43,45)(H,44,46)/t33-,34-,37-,38+/m0/s1. The number of rotatable bonds is 7. The number of nitrogens with one attached hydrogen (secondary N) is 2. The number of piperidine rings is 3. The molecule has 0 unspecified atom stereocenters. The lowest BCUT2D eigenvalue weighted by atomic mass is 9.92. The summed E-state index contributed by atoms with van der Waals surface area (Å²) in [5.74, 6) is 3.25. The van der Waals surface area contributed by atoms with Gasteiger partial charge in [-0.25, -0.2) is 9.97 Å². The fraction of sp³-hybridized carbons (Fsp3) is 0.524. The molecule has 6 heterocycles. The molecule has 1 saturated carbocycles. The van der Waals surface area contributed by atoms with Gasteiger partial charge in [0, 0.05) is 24.4 Å². The smallest absolute Gasteiger partial charge is 0.226 e. The van der Waals surface area contributed by atoms with E-state index in [1.54, 1.807) is 0 Å². The SMILES string of the molecule is CN1CCC(C(=O)N2CCC[C@H]2c2ncc(-c3ccc(-c4ccc(-c5cnc([C@H]6[C@H]7CC[C@@H](C7)N6C(=O)C6CCN(C)CC6)[nH]5)cc4)cc3)[nH]2)CC1. The van der Waals surface area contributed by atoms with Crippen molar-refractivity contribution < 1.29 is 9.59 Å². The van der Waals surface area contributed by atoms with Gasteiger partial charge in [0.1, 0.15) is 11.6 Å². The number of fused-ring (bicyclic) bond motifs is 2. The Balaban J connectivity index is 0.857. The van der Waals surface area contributed by atoms with E-state index in [1.165, 1.54) is 6.42 Å². The van der Waals surface area contributed by atoms with E-state index in [0.717, 1.165) is 129 Å². The Morgan fingerprint density at radius 2 is 1.13 bits per heavy atom. The molecule has 0 radical (unpaired) electrons. The molecule has 2 amide bonds. The summed E-state index contributed by atoms with van der Waals surface area (Å²) in [5, 5.41) is 0. The van der Waals surface area contributed by atoms with Gasteiger partial charge in [-0.3, -0.25) is 9.59 Å². The molecule has 10 nitrogen and oxygen atoms in total. The summed E-state index contributed by atoms with van der Waals surface area (Å²) >= 11 is 0. The predicted molar refractivity (Wildman–Crippen MR) is 202 cm³/mol. The zero-order valence-electron chi connectivity index (χ0n) is 30.6. The minimum atomic E-state index is 0.0310. The molecular formula is C42H52N8O2. The fourth-order valence-electron chi connectivity index (χ4n) is 9.90. The first-order valence-electron chi connectivity index (χ1n) is 19.7. The highest BCUT2D eigenvalue weighted by atomic mass is 16.2. The minimum absolute atomic E-state index is 0.0310. The van der Waals surface area contributed by atoms with E-state index in [1.807, 2.05) is 12.4 Å². The van der Waals surface area contributed by atoms with Crippen LogP contribution < -0.4 is 0 Å². The van der Waals surface area contributed by atoms with Crippen LogP contribution in [-0.2, 0) is 9.59 Å². The summed E-state index contributed by atoms with van der Waals surface area (Å²) in [7, 11) is 4.29. The van der Waals surface area contributed by atoms with Crippen LogP contribution >= 0.6 is 0 Å². The average molecular weight is 701 g/mol. The fourth-order valence-corrected chi connectivity index (χ4v) is 9.90. The van der Waals surface area contributed by atoms with Gasteiger partial charge in [0.25, 0.3) is 0 Å². The van der Waals surface area contributed by atoms with Gasteiger partial charge >= 0.3 is 0 Å². The second kappa shape index (κ2) is 13.9. The number of carbonyl (C=O) groups is 2. The largest absolute Gasteiger partial charge is 0.340 e. The molecule has 9 rings (SSSR count). The van der Waals surface area contributed by atoms with E-state index in [0.29, 0.717) is 23.8 Å². The maximum atomic E-state index is 13.8. The van der Waals surface area contributed by atoms with E-state index in [4.69, 9.17) is 9.97 Å². The number of carbonyl (C=O) groups excluding carboxylic acids is 2. The Hall–Kier alpha value is -4.28. The van der Waals surface area contributed by atoms with Crippen LogP contribution in [0.5, 0.6) is 0 Å². The zero-order valence-corrected chi connectivity index (χ0v) is 30.6. The van der Waals surface area contributed by atoms with Crippen LogP contribution in [-0.4, -0.2) is 104 Å². The first-order valence-corrected chi connectivity index (χ1v) is 19.7. The van der Waals surface area contributed by atoms with Gasteiger partial charge in [0.15, 0.2) is 0 Å². The molecule has 0 spiro atoms. The number of imidazole rings is 2. The molecule has 272 valence electrons. The number of aromatic nitrogens is 4. The number of hydrogen-bond acceptors (Lipinski definition) is 6. The van der Waals surface area contributed by atoms with Crippen molar-refractivity contribution in [2.24, 2.45) is 17.8 Å². The van der Waals surface area contributed by atoms with Gasteiger partial charge in [0.2, 0.25) is 11.8 Å². The minimum Gasteiger partial charge on any atom is -0.340 e. The molecule has 52 heavy (non-hydrogen) atoms. The van der Waals surface area contributed by atoms with Crippen LogP contribution in [0.4, 0.5) is 0 Å². The zero-order chi connectivity index (χ0) is 35.3. The number of H-pyrrole nitrogens is 2. The van der Waals surface area contributed by atoms with Crippen molar-refractivity contribution in [3.05, 3.63) is 72.6 Å². The normalized spacial score (nSPS) is 26.1. The van der Waals surface area contributed by atoms with Gasteiger partial charge in [-0.2, -0.15) is 0 Å². The van der Waals surface area contributed by atoms with Crippen molar-refractivity contribution in [1.82, 2.24) is 39.5 Å². The summed E-state index contributed by atoms with van der Waals surface area (Å²) in [4.78, 5) is 53.1. The second-order valence-corrected chi connectivity index (χ2v) is 16.3.